The van der Waals surface area contributed by atoms with Crippen molar-refractivity contribution in [3.8, 4) is 0 Å². The van der Waals surface area contributed by atoms with Gasteiger partial charge in [0, 0.05) is 11.3 Å². The molecule has 0 bridgehead atoms. The SMILES string of the molecule is CCCCC(CC)CSc1c(F)c(F)c(C)c(F)c1F. The van der Waals surface area contributed by atoms with Gasteiger partial charge in [0.25, 0.3) is 0 Å². The summed E-state index contributed by atoms with van der Waals surface area (Å²) in [6, 6.07) is 0. The molecule has 1 aromatic carbocycles. The van der Waals surface area contributed by atoms with Crippen LogP contribution in [0.3, 0.4) is 0 Å². The lowest BCUT2D eigenvalue weighted by Crippen LogP contribution is -2.06. The first kappa shape index (κ1) is 17.3. The summed E-state index contributed by atoms with van der Waals surface area (Å²) >= 11 is 0.864. The highest BCUT2D eigenvalue weighted by Gasteiger charge is 2.23. The quantitative estimate of drug-likeness (QED) is 0.345. The van der Waals surface area contributed by atoms with E-state index in [4.69, 9.17) is 0 Å². The number of halogens is 4. The second-order valence-corrected chi connectivity index (χ2v) is 5.97. The van der Waals surface area contributed by atoms with Crippen LogP contribution in [0.4, 0.5) is 17.6 Å². The van der Waals surface area contributed by atoms with Gasteiger partial charge < -0.3 is 0 Å². The van der Waals surface area contributed by atoms with E-state index < -0.39 is 33.7 Å². The average Bonchev–Trinajstić information content (AvgIpc) is 2.46. The van der Waals surface area contributed by atoms with Crippen molar-refractivity contribution in [1.82, 2.24) is 0 Å². The Balaban J connectivity index is 2.87. The van der Waals surface area contributed by atoms with Crippen molar-refractivity contribution < 1.29 is 17.6 Å². The lowest BCUT2D eigenvalue weighted by molar-refractivity contribution is 0.417. The third-order valence-corrected chi connectivity index (χ3v) is 4.73. The van der Waals surface area contributed by atoms with Gasteiger partial charge in [0.2, 0.25) is 0 Å². The highest BCUT2D eigenvalue weighted by molar-refractivity contribution is 7.99. The highest BCUT2D eigenvalue weighted by atomic mass is 32.2. The molecule has 1 aromatic rings. The Morgan fingerprint density at radius 1 is 0.950 bits per heavy atom. The van der Waals surface area contributed by atoms with Gasteiger partial charge in [-0.2, -0.15) is 0 Å². The van der Waals surface area contributed by atoms with E-state index in [0.29, 0.717) is 11.7 Å². The molecule has 5 heteroatoms. The summed E-state index contributed by atoms with van der Waals surface area (Å²) < 4.78 is 54.3. The Hall–Kier alpha value is -0.710. The molecule has 0 aliphatic carbocycles. The van der Waals surface area contributed by atoms with E-state index in [2.05, 4.69) is 6.92 Å². The number of unbranched alkanes of at least 4 members (excludes halogenated alkanes) is 1. The van der Waals surface area contributed by atoms with Crippen LogP contribution in [-0.2, 0) is 0 Å². The van der Waals surface area contributed by atoms with Gasteiger partial charge in [0.1, 0.15) is 0 Å². The molecule has 0 amide bonds. The van der Waals surface area contributed by atoms with Crippen LogP contribution in [-0.4, -0.2) is 5.75 Å². The molecule has 0 nitrogen and oxygen atoms in total. The van der Waals surface area contributed by atoms with E-state index in [9.17, 15) is 17.6 Å². The molecule has 0 saturated carbocycles. The number of rotatable bonds is 7. The first-order valence-electron chi connectivity index (χ1n) is 6.89. The zero-order valence-electron chi connectivity index (χ0n) is 12.0. The zero-order valence-corrected chi connectivity index (χ0v) is 12.8. The molecule has 0 aromatic heterocycles. The molecule has 0 spiro atoms. The standard InChI is InChI=1S/C15H20F4S/c1-4-6-7-10(5-2)8-20-15-13(18)11(16)9(3)12(17)14(15)19/h10H,4-8H2,1-3H3. The van der Waals surface area contributed by atoms with Gasteiger partial charge >= 0.3 is 0 Å². The minimum atomic E-state index is -1.30. The molecular weight excluding hydrogens is 288 g/mol. The van der Waals surface area contributed by atoms with Crippen LogP contribution < -0.4 is 0 Å². The van der Waals surface area contributed by atoms with Crippen molar-refractivity contribution in [3.63, 3.8) is 0 Å². The smallest absolute Gasteiger partial charge is 0.175 e. The predicted molar refractivity (Wildman–Crippen MR) is 75.0 cm³/mol. The van der Waals surface area contributed by atoms with Gasteiger partial charge in [-0.1, -0.05) is 33.1 Å². The fourth-order valence-corrected chi connectivity index (χ4v) is 3.18. The Kier molecular flexibility index (Phi) is 6.86. The summed E-state index contributed by atoms with van der Waals surface area (Å²) in [6.07, 6.45) is 3.94. The van der Waals surface area contributed by atoms with Gasteiger partial charge in [-0.25, -0.2) is 17.6 Å². The predicted octanol–water partition coefficient (Wildman–Crippen LogP) is 5.86. The summed E-state index contributed by atoms with van der Waals surface area (Å²) in [4.78, 5) is -0.541. The molecule has 20 heavy (non-hydrogen) atoms. The molecule has 0 aliphatic heterocycles. The summed E-state index contributed by atoms with van der Waals surface area (Å²) in [6.45, 7) is 5.11. The number of thioether (sulfide) groups is 1. The molecule has 1 rings (SSSR count). The van der Waals surface area contributed by atoms with Crippen molar-refractivity contribution in [2.75, 3.05) is 5.75 Å². The average molecular weight is 308 g/mol. The number of hydrogen-bond acceptors (Lipinski definition) is 1. The Bertz CT molecular complexity index is 431. The minimum absolute atomic E-state index is 0.297. The van der Waals surface area contributed by atoms with Crippen LogP contribution >= 0.6 is 11.8 Å². The maximum atomic E-state index is 13.7. The second-order valence-electron chi connectivity index (χ2n) is 4.94. The van der Waals surface area contributed by atoms with E-state index in [1.54, 1.807) is 0 Å². The topological polar surface area (TPSA) is 0 Å². The molecule has 1 unspecified atom stereocenters. The molecule has 0 aliphatic rings. The van der Waals surface area contributed by atoms with Crippen LogP contribution in [0.25, 0.3) is 0 Å². The highest BCUT2D eigenvalue weighted by Crippen LogP contribution is 2.33. The lowest BCUT2D eigenvalue weighted by atomic mass is 10.0. The monoisotopic (exact) mass is 308 g/mol. The van der Waals surface area contributed by atoms with E-state index in [1.165, 1.54) is 0 Å². The summed E-state index contributed by atoms with van der Waals surface area (Å²) in [5.74, 6) is -4.40. The van der Waals surface area contributed by atoms with Gasteiger partial charge in [-0.05, 0) is 19.3 Å². The van der Waals surface area contributed by atoms with Crippen LogP contribution in [0, 0.1) is 36.1 Å². The number of hydrogen-bond donors (Lipinski definition) is 0. The third kappa shape index (κ3) is 3.90. The van der Waals surface area contributed by atoms with Crippen LogP contribution in [0.5, 0.6) is 0 Å². The number of benzene rings is 1. The third-order valence-electron chi connectivity index (χ3n) is 3.45. The lowest BCUT2D eigenvalue weighted by Gasteiger charge is -2.15. The van der Waals surface area contributed by atoms with Gasteiger partial charge in [-0.3, -0.25) is 0 Å². The van der Waals surface area contributed by atoms with Crippen molar-refractivity contribution in [3.05, 3.63) is 28.8 Å². The van der Waals surface area contributed by atoms with Crippen molar-refractivity contribution in [2.45, 2.75) is 51.3 Å². The van der Waals surface area contributed by atoms with Gasteiger partial charge in [0.15, 0.2) is 23.3 Å². The molecule has 0 heterocycles. The van der Waals surface area contributed by atoms with Gasteiger partial charge in [-0.15, -0.1) is 11.8 Å². The largest absolute Gasteiger partial charge is 0.203 e. The van der Waals surface area contributed by atoms with Crippen molar-refractivity contribution >= 4 is 11.8 Å². The van der Waals surface area contributed by atoms with E-state index in [0.717, 1.165) is 44.4 Å². The first-order valence-corrected chi connectivity index (χ1v) is 7.87. The van der Waals surface area contributed by atoms with E-state index in [-0.39, 0.29) is 0 Å². The maximum Gasteiger partial charge on any atom is 0.175 e. The zero-order chi connectivity index (χ0) is 15.3. The Morgan fingerprint density at radius 2 is 1.50 bits per heavy atom. The molecule has 0 saturated heterocycles. The van der Waals surface area contributed by atoms with Crippen LogP contribution in [0.15, 0.2) is 4.90 Å². The molecule has 0 fully saturated rings. The second kappa shape index (κ2) is 7.91. The Morgan fingerprint density at radius 3 is 1.95 bits per heavy atom. The summed E-state index contributed by atoms with van der Waals surface area (Å²) in [5.41, 5.74) is -0.609. The summed E-state index contributed by atoms with van der Waals surface area (Å²) in [5, 5.41) is 0. The van der Waals surface area contributed by atoms with Crippen LogP contribution in [0.1, 0.15) is 45.1 Å². The minimum Gasteiger partial charge on any atom is -0.203 e. The van der Waals surface area contributed by atoms with Gasteiger partial charge in [0.05, 0.1) is 4.90 Å². The van der Waals surface area contributed by atoms with E-state index in [1.807, 2.05) is 6.92 Å². The summed E-state index contributed by atoms with van der Waals surface area (Å²) in [7, 11) is 0. The van der Waals surface area contributed by atoms with E-state index >= 15 is 0 Å². The molecule has 114 valence electrons. The molecule has 0 N–H and O–H groups in total. The Labute approximate surface area is 122 Å². The van der Waals surface area contributed by atoms with Crippen molar-refractivity contribution in [1.29, 1.82) is 0 Å². The fourth-order valence-electron chi connectivity index (χ4n) is 1.95. The van der Waals surface area contributed by atoms with Crippen molar-refractivity contribution in [2.24, 2.45) is 5.92 Å². The first-order chi connectivity index (χ1) is 9.43. The molecule has 1 atom stereocenters. The van der Waals surface area contributed by atoms with Crippen LogP contribution in [0.2, 0.25) is 0 Å². The molecular formula is C15H20F4S. The molecule has 0 radical (unpaired) electrons. The maximum absolute atomic E-state index is 13.7. The normalized spacial score (nSPS) is 12.8. The fraction of sp³-hybridized carbons (Fsp3) is 0.600.